The first-order valence-electron chi connectivity index (χ1n) is 8.93. The van der Waals surface area contributed by atoms with Crippen molar-refractivity contribution in [3.8, 4) is 11.1 Å². The van der Waals surface area contributed by atoms with E-state index in [1.807, 2.05) is 18.5 Å². The molecule has 4 aromatic rings. The first-order chi connectivity index (χ1) is 12.8. The quantitative estimate of drug-likeness (QED) is 0.595. The van der Waals surface area contributed by atoms with Gasteiger partial charge in [0.25, 0.3) is 0 Å². The molecule has 1 atom stereocenters. The fraction of sp³-hybridized carbons (Fsp3) is 0.182. The molecule has 0 bridgehead atoms. The van der Waals surface area contributed by atoms with Crippen molar-refractivity contribution in [3.63, 3.8) is 0 Å². The highest BCUT2D eigenvalue weighted by molar-refractivity contribution is 5.80. The van der Waals surface area contributed by atoms with E-state index >= 15 is 0 Å². The molecule has 3 heterocycles. The predicted molar refractivity (Wildman–Crippen MR) is 104 cm³/mol. The lowest BCUT2D eigenvalue weighted by Gasteiger charge is -2.33. The van der Waals surface area contributed by atoms with Crippen LogP contribution in [0.5, 0.6) is 0 Å². The summed E-state index contributed by atoms with van der Waals surface area (Å²) in [5.41, 5.74) is 7.71. The summed E-state index contributed by atoms with van der Waals surface area (Å²) >= 11 is 0. The van der Waals surface area contributed by atoms with E-state index < -0.39 is 0 Å². The zero-order valence-electron chi connectivity index (χ0n) is 14.7. The number of nitrogens with zero attached hydrogens (tertiary/aromatic N) is 3. The van der Waals surface area contributed by atoms with Crippen molar-refractivity contribution in [3.05, 3.63) is 83.8 Å². The van der Waals surface area contributed by atoms with Crippen molar-refractivity contribution in [1.82, 2.24) is 20.1 Å². The highest BCUT2D eigenvalue weighted by atomic mass is 15.1. The topological polar surface area (TPSA) is 44.8 Å². The maximum absolute atomic E-state index is 4.01. The summed E-state index contributed by atoms with van der Waals surface area (Å²) in [6, 6.07) is 17.7. The third-order valence-electron chi connectivity index (χ3n) is 5.35. The van der Waals surface area contributed by atoms with Crippen molar-refractivity contribution in [2.45, 2.75) is 12.5 Å². The molecule has 0 spiro atoms. The summed E-state index contributed by atoms with van der Waals surface area (Å²) in [6.45, 7) is 2.01. The highest BCUT2D eigenvalue weighted by Crippen LogP contribution is 2.36. The maximum atomic E-state index is 4.01. The molecule has 26 heavy (non-hydrogen) atoms. The molecule has 1 unspecified atom stereocenters. The number of H-pyrrole nitrogens is 1. The Morgan fingerprint density at radius 2 is 1.96 bits per heavy atom. The van der Waals surface area contributed by atoms with Gasteiger partial charge >= 0.3 is 0 Å². The van der Waals surface area contributed by atoms with Crippen LogP contribution < -0.4 is 0 Å². The summed E-state index contributed by atoms with van der Waals surface area (Å²) < 4.78 is 0. The number of aromatic amines is 1. The van der Waals surface area contributed by atoms with Gasteiger partial charge in [0, 0.05) is 36.3 Å². The zero-order chi connectivity index (χ0) is 17.5. The Bertz CT molecular complexity index is 1070. The molecule has 0 aliphatic carbocycles. The highest BCUT2D eigenvalue weighted by Gasteiger charge is 2.25. The van der Waals surface area contributed by atoms with Gasteiger partial charge in [-0.1, -0.05) is 24.3 Å². The van der Waals surface area contributed by atoms with Crippen LogP contribution >= 0.6 is 0 Å². The van der Waals surface area contributed by atoms with Gasteiger partial charge in [0.05, 0.1) is 12.4 Å². The number of hydrogen-bond donors (Lipinski definition) is 1. The lowest BCUT2D eigenvalue weighted by Crippen LogP contribution is -2.31. The normalized spacial score (nSPS) is 17.3. The Hall–Kier alpha value is -2.98. The van der Waals surface area contributed by atoms with E-state index in [9.17, 15) is 0 Å². The molecule has 0 saturated heterocycles. The van der Waals surface area contributed by atoms with E-state index in [2.05, 4.69) is 69.6 Å². The van der Waals surface area contributed by atoms with Gasteiger partial charge in [-0.3, -0.25) is 0 Å². The molecule has 2 aromatic heterocycles. The minimum absolute atomic E-state index is 0.390. The van der Waals surface area contributed by atoms with Gasteiger partial charge in [-0.2, -0.15) is 10.2 Å². The third kappa shape index (κ3) is 2.59. The van der Waals surface area contributed by atoms with E-state index in [0.29, 0.717) is 5.92 Å². The SMILES string of the molecule is CN1Cc2cc(-c3ccnnc3)ccc2C(c2ccc3cc[nH]c3c2)C1. The Kier molecular flexibility index (Phi) is 3.57. The van der Waals surface area contributed by atoms with Crippen LogP contribution in [-0.2, 0) is 6.54 Å². The Morgan fingerprint density at radius 3 is 2.85 bits per heavy atom. The molecular formula is C22H20N4. The fourth-order valence-corrected chi connectivity index (χ4v) is 4.06. The van der Waals surface area contributed by atoms with E-state index in [-0.39, 0.29) is 0 Å². The second kappa shape index (κ2) is 6.07. The standard InChI is InChI=1S/C22H20N4/c1-26-13-19-10-16(18-7-9-24-25-12-18)4-5-20(19)21(14-26)17-3-2-15-6-8-23-22(15)11-17/h2-12,21,23H,13-14H2,1H3. The third-order valence-corrected chi connectivity index (χ3v) is 5.35. The average Bonchev–Trinajstić information content (AvgIpc) is 3.15. The number of aromatic nitrogens is 3. The van der Waals surface area contributed by atoms with Crippen molar-refractivity contribution in [2.24, 2.45) is 0 Å². The molecule has 2 aromatic carbocycles. The monoisotopic (exact) mass is 340 g/mol. The molecule has 1 N–H and O–H groups in total. The largest absolute Gasteiger partial charge is 0.361 e. The molecule has 5 rings (SSSR count). The van der Waals surface area contributed by atoms with Crippen LogP contribution in [-0.4, -0.2) is 33.7 Å². The van der Waals surface area contributed by atoms with Crippen LogP contribution in [0.4, 0.5) is 0 Å². The molecule has 0 amide bonds. The number of benzene rings is 2. The van der Waals surface area contributed by atoms with Crippen LogP contribution in [0.3, 0.4) is 0 Å². The number of nitrogens with one attached hydrogen (secondary N) is 1. The van der Waals surface area contributed by atoms with Gasteiger partial charge in [0.1, 0.15) is 0 Å². The number of likely N-dealkylation sites (N-methyl/N-ethyl adjacent to an activating group) is 1. The summed E-state index contributed by atoms with van der Waals surface area (Å²) in [7, 11) is 2.20. The number of hydrogen-bond acceptors (Lipinski definition) is 3. The first-order valence-corrected chi connectivity index (χ1v) is 8.93. The molecule has 4 heteroatoms. The van der Waals surface area contributed by atoms with Crippen molar-refractivity contribution >= 4 is 10.9 Å². The van der Waals surface area contributed by atoms with E-state index in [1.165, 1.54) is 33.2 Å². The second-order valence-corrected chi connectivity index (χ2v) is 7.12. The van der Waals surface area contributed by atoms with Gasteiger partial charge in [0.2, 0.25) is 0 Å². The summed E-state index contributed by atoms with van der Waals surface area (Å²) in [4.78, 5) is 5.74. The van der Waals surface area contributed by atoms with Gasteiger partial charge in [-0.25, -0.2) is 0 Å². The summed E-state index contributed by atoms with van der Waals surface area (Å²) in [6.07, 6.45) is 5.57. The minimum Gasteiger partial charge on any atom is -0.361 e. The van der Waals surface area contributed by atoms with Crippen LogP contribution in [0.15, 0.2) is 67.1 Å². The van der Waals surface area contributed by atoms with Crippen molar-refractivity contribution < 1.29 is 0 Å². The molecule has 1 aliphatic heterocycles. The molecule has 0 radical (unpaired) electrons. The molecule has 0 fully saturated rings. The van der Waals surface area contributed by atoms with Gasteiger partial charge in [0.15, 0.2) is 0 Å². The lowest BCUT2D eigenvalue weighted by molar-refractivity contribution is 0.295. The number of fused-ring (bicyclic) bond motifs is 2. The van der Waals surface area contributed by atoms with Crippen LogP contribution in [0.1, 0.15) is 22.6 Å². The zero-order valence-corrected chi connectivity index (χ0v) is 14.7. The van der Waals surface area contributed by atoms with Gasteiger partial charge in [-0.15, -0.1) is 0 Å². The smallest absolute Gasteiger partial charge is 0.0574 e. The Balaban J connectivity index is 1.59. The molecule has 1 aliphatic rings. The minimum atomic E-state index is 0.390. The van der Waals surface area contributed by atoms with E-state index in [4.69, 9.17) is 0 Å². The average molecular weight is 340 g/mol. The summed E-state index contributed by atoms with van der Waals surface area (Å²) in [5.74, 6) is 0.390. The molecule has 128 valence electrons. The van der Waals surface area contributed by atoms with Crippen LogP contribution in [0.25, 0.3) is 22.0 Å². The van der Waals surface area contributed by atoms with E-state index in [1.54, 1.807) is 6.20 Å². The first kappa shape index (κ1) is 15.3. The Labute approximate surface area is 152 Å². The predicted octanol–water partition coefficient (Wildman–Crippen LogP) is 4.20. The lowest BCUT2D eigenvalue weighted by atomic mass is 9.83. The molecule has 4 nitrogen and oxygen atoms in total. The Morgan fingerprint density at radius 1 is 1.00 bits per heavy atom. The van der Waals surface area contributed by atoms with Gasteiger partial charge in [-0.05, 0) is 59.0 Å². The maximum Gasteiger partial charge on any atom is 0.0574 e. The number of rotatable bonds is 2. The summed E-state index contributed by atoms with van der Waals surface area (Å²) in [5, 5.41) is 9.15. The molecular weight excluding hydrogens is 320 g/mol. The van der Waals surface area contributed by atoms with E-state index in [0.717, 1.165) is 18.7 Å². The van der Waals surface area contributed by atoms with Crippen LogP contribution in [0.2, 0.25) is 0 Å². The van der Waals surface area contributed by atoms with Crippen LogP contribution in [0, 0.1) is 0 Å². The fourth-order valence-electron chi connectivity index (χ4n) is 4.06. The second-order valence-electron chi connectivity index (χ2n) is 7.12. The van der Waals surface area contributed by atoms with Crippen molar-refractivity contribution in [1.29, 1.82) is 0 Å². The molecule has 0 saturated carbocycles. The van der Waals surface area contributed by atoms with Gasteiger partial charge < -0.3 is 9.88 Å². The van der Waals surface area contributed by atoms with Crippen molar-refractivity contribution in [2.75, 3.05) is 13.6 Å².